The standard InChI is InChI=1S/C14H19N9/c1-10-5-3-4-6-14(10,7-15)22-12-19-11(16-2)20-13(21-12)23-9-17-8-18-23/h8-10H,3-6H2,1-2H3,(H2,16,19,20,21,22). The lowest BCUT2D eigenvalue weighted by atomic mass is 9.74. The summed E-state index contributed by atoms with van der Waals surface area (Å²) in [4.78, 5) is 16.9. The predicted octanol–water partition coefficient (Wildman–Crippen LogP) is 1.38. The van der Waals surface area contributed by atoms with Crippen molar-refractivity contribution in [2.45, 2.75) is 38.1 Å². The Bertz CT molecular complexity index is 706. The van der Waals surface area contributed by atoms with Crippen LogP contribution in [0.4, 0.5) is 11.9 Å². The van der Waals surface area contributed by atoms with Gasteiger partial charge >= 0.3 is 0 Å². The van der Waals surface area contributed by atoms with E-state index in [2.05, 4.69) is 48.7 Å². The molecule has 0 saturated heterocycles. The van der Waals surface area contributed by atoms with Crippen LogP contribution in [0.5, 0.6) is 0 Å². The number of nitrogens with one attached hydrogen (secondary N) is 2. The summed E-state index contributed by atoms with van der Waals surface area (Å²) >= 11 is 0. The van der Waals surface area contributed by atoms with Crippen LogP contribution in [-0.2, 0) is 0 Å². The molecule has 0 aliphatic heterocycles. The quantitative estimate of drug-likeness (QED) is 0.869. The van der Waals surface area contributed by atoms with E-state index < -0.39 is 5.54 Å². The minimum atomic E-state index is -0.649. The van der Waals surface area contributed by atoms with Crippen LogP contribution in [0.25, 0.3) is 5.95 Å². The molecule has 2 aromatic rings. The van der Waals surface area contributed by atoms with Crippen LogP contribution in [-0.4, -0.2) is 42.3 Å². The van der Waals surface area contributed by atoms with Crippen LogP contribution in [0, 0.1) is 17.2 Å². The molecular weight excluding hydrogens is 294 g/mol. The summed E-state index contributed by atoms with van der Waals surface area (Å²) in [5.74, 6) is 1.35. The summed E-state index contributed by atoms with van der Waals surface area (Å²) < 4.78 is 1.46. The number of nitriles is 1. The molecule has 1 aliphatic rings. The Hall–Kier alpha value is -2.76. The van der Waals surface area contributed by atoms with Gasteiger partial charge in [0, 0.05) is 7.05 Å². The normalized spacial score (nSPS) is 24.0. The highest BCUT2D eigenvalue weighted by Crippen LogP contribution is 2.35. The highest BCUT2D eigenvalue weighted by molar-refractivity contribution is 5.42. The second kappa shape index (κ2) is 6.16. The van der Waals surface area contributed by atoms with Gasteiger partial charge < -0.3 is 10.6 Å². The monoisotopic (exact) mass is 313 g/mol. The van der Waals surface area contributed by atoms with Crippen molar-refractivity contribution in [3.05, 3.63) is 12.7 Å². The molecule has 3 rings (SSSR count). The Kier molecular flexibility index (Phi) is 4.06. The zero-order chi connectivity index (χ0) is 16.3. The number of hydrogen-bond acceptors (Lipinski definition) is 8. The van der Waals surface area contributed by atoms with Crippen molar-refractivity contribution in [1.82, 2.24) is 29.7 Å². The van der Waals surface area contributed by atoms with Gasteiger partial charge in [0.25, 0.3) is 5.95 Å². The Morgan fingerprint density at radius 1 is 1.30 bits per heavy atom. The van der Waals surface area contributed by atoms with Gasteiger partial charge in [-0.25, -0.2) is 4.98 Å². The first-order valence-electron chi connectivity index (χ1n) is 7.65. The fourth-order valence-electron chi connectivity index (χ4n) is 2.87. The second-order valence-corrected chi connectivity index (χ2v) is 5.73. The summed E-state index contributed by atoms with van der Waals surface area (Å²) in [6, 6.07) is 2.44. The van der Waals surface area contributed by atoms with Gasteiger partial charge in [0.1, 0.15) is 18.2 Å². The summed E-state index contributed by atoms with van der Waals surface area (Å²) in [6.07, 6.45) is 6.89. The first-order valence-corrected chi connectivity index (χ1v) is 7.65. The van der Waals surface area contributed by atoms with Crippen molar-refractivity contribution < 1.29 is 0 Å². The van der Waals surface area contributed by atoms with Gasteiger partial charge in [-0.05, 0) is 18.8 Å². The van der Waals surface area contributed by atoms with Crippen molar-refractivity contribution in [3.63, 3.8) is 0 Å². The molecule has 0 aromatic carbocycles. The number of nitrogens with zero attached hydrogens (tertiary/aromatic N) is 7. The van der Waals surface area contributed by atoms with Crippen molar-refractivity contribution >= 4 is 11.9 Å². The molecule has 1 fully saturated rings. The van der Waals surface area contributed by atoms with Crippen LogP contribution in [0.1, 0.15) is 32.6 Å². The van der Waals surface area contributed by atoms with Crippen LogP contribution in [0.15, 0.2) is 12.7 Å². The van der Waals surface area contributed by atoms with Crippen molar-refractivity contribution in [2.75, 3.05) is 17.7 Å². The van der Waals surface area contributed by atoms with E-state index in [1.165, 1.54) is 17.3 Å². The van der Waals surface area contributed by atoms with Gasteiger partial charge in [-0.2, -0.15) is 30.0 Å². The average molecular weight is 313 g/mol. The predicted molar refractivity (Wildman–Crippen MR) is 83.9 cm³/mol. The average Bonchev–Trinajstić information content (AvgIpc) is 3.11. The van der Waals surface area contributed by atoms with E-state index in [0.717, 1.165) is 25.7 Å². The Morgan fingerprint density at radius 3 is 2.78 bits per heavy atom. The fraction of sp³-hybridized carbons (Fsp3) is 0.571. The highest BCUT2D eigenvalue weighted by atomic mass is 15.4. The maximum absolute atomic E-state index is 9.73. The van der Waals surface area contributed by atoms with E-state index in [-0.39, 0.29) is 5.92 Å². The van der Waals surface area contributed by atoms with Crippen molar-refractivity contribution in [3.8, 4) is 12.0 Å². The summed E-state index contributed by atoms with van der Waals surface area (Å²) in [7, 11) is 1.73. The molecule has 2 aromatic heterocycles. The highest BCUT2D eigenvalue weighted by Gasteiger charge is 2.39. The van der Waals surface area contributed by atoms with Crippen LogP contribution >= 0.6 is 0 Å². The van der Waals surface area contributed by atoms with E-state index in [1.54, 1.807) is 7.05 Å². The van der Waals surface area contributed by atoms with Crippen molar-refractivity contribution in [1.29, 1.82) is 5.26 Å². The second-order valence-electron chi connectivity index (χ2n) is 5.73. The molecule has 2 N–H and O–H groups in total. The fourth-order valence-corrected chi connectivity index (χ4v) is 2.87. The number of rotatable bonds is 4. The number of anilines is 2. The zero-order valence-corrected chi connectivity index (χ0v) is 13.2. The van der Waals surface area contributed by atoms with Crippen LogP contribution in [0.2, 0.25) is 0 Å². The first-order chi connectivity index (χ1) is 11.2. The Balaban J connectivity index is 1.96. The lowest BCUT2D eigenvalue weighted by Crippen LogP contribution is -2.45. The van der Waals surface area contributed by atoms with Gasteiger partial charge in [0.15, 0.2) is 0 Å². The Morgan fingerprint density at radius 2 is 2.13 bits per heavy atom. The smallest absolute Gasteiger partial charge is 0.258 e. The minimum absolute atomic E-state index is 0.228. The lowest BCUT2D eigenvalue weighted by molar-refractivity contribution is 0.285. The number of hydrogen-bond donors (Lipinski definition) is 2. The van der Waals surface area contributed by atoms with Gasteiger partial charge in [-0.1, -0.05) is 19.8 Å². The van der Waals surface area contributed by atoms with E-state index in [4.69, 9.17) is 0 Å². The van der Waals surface area contributed by atoms with E-state index >= 15 is 0 Å². The molecular formula is C14H19N9. The minimum Gasteiger partial charge on any atom is -0.357 e. The number of aromatic nitrogens is 6. The van der Waals surface area contributed by atoms with E-state index in [1.807, 2.05) is 0 Å². The molecule has 0 radical (unpaired) electrons. The maximum atomic E-state index is 9.73. The van der Waals surface area contributed by atoms with Crippen LogP contribution in [0.3, 0.4) is 0 Å². The molecule has 2 unspecified atom stereocenters. The molecule has 23 heavy (non-hydrogen) atoms. The molecule has 0 spiro atoms. The van der Waals surface area contributed by atoms with Gasteiger partial charge in [0.05, 0.1) is 6.07 Å². The zero-order valence-electron chi connectivity index (χ0n) is 13.2. The third-order valence-corrected chi connectivity index (χ3v) is 4.30. The van der Waals surface area contributed by atoms with E-state index in [0.29, 0.717) is 17.8 Å². The molecule has 0 bridgehead atoms. The Labute approximate surface area is 134 Å². The lowest BCUT2D eigenvalue weighted by Gasteiger charge is -2.37. The molecule has 0 amide bonds. The molecule has 1 saturated carbocycles. The van der Waals surface area contributed by atoms with Crippen molar-refractivity contribution in [2.24, 2.45) is 5.92 Å². The largest absolute Gasteiger partial charge is 0.357 e. The third-order valence-electron chi connectivity index (χ3n) is 4.30. The maximum Gasteiger partial charge on any atom is 0.258 e. The molecule has 9 heteroatoms. The van der Waals surface area contributed by atoms with E-state index in [9.17, 15) is 5.26 Å². The first kappa shape index (κ1) is 15.1. The third kappa shape index (κ3) is 2.92. The molecule has 9 nitrogen and oxygen atoms in total. The summed E-state index contributed by atoms with van der Waals surface area (Å²) in [5, 5.41) is 19.9. The molecule has 1 aliphatic carbocycles. The van der Waals surface area contributed by atoms with Gasteiger partial charge in [0.2, 0.25) is 11.9 Å². The molecule has 2 atom stereocenters. The molecule has 2 heterocycles. The van der Waals surface area contributed by atoms with Crippen LogP contribution < -0.4 is 10.6 Å². The van der Waals surface area contributed by atoms with Gasteiger partial charge in [-0.3, -0.25) is 0 Å². The topological polar surface area (TPSA) is 117 Å². The summed E-state index contributed by atoms with van der Waals surface area (Å²) in [5.41, 5.74) is -0.649. The molecule has 120 valence electrons. The SMILES string of the molecule is CNc1nc(NC2(C#N)CCCCC2C)nc(-n2cncn2)n1. The van der Waals surface area contributed by atoms with Gasteiger partial charge in [-0.15, -0.1) is 0 Å². The summed E-state index contributed by atoms with van der Waals surface area (Å²) in [6.45, 7) is 2.09.